The lowest BCUT2D eigenvalue weighted by Gasteiger charge is -2.33. The van der Waals surface area contributed by atoms with E-state index in [-0.39, 0.29) is 6.42 Å². The Bertz CT molecular complexity index is 795. The largest absolute Gasteiger partial charge is 0.479 e. The maximum atomic E-state index is 11.7. The number of hydrogen-bond donors (Lipinski definition) is 3. The highest BCUT2D eigenvalue weighted by Crippen LogP contribution is 2.28. The van der Waals surface area contributed by atoms with Gasteiger partial charge in [0.05, 0.1) is 5.60 Å². The van der Waals surface area contributed by atoms with Gasteiger partial charge in [0.15, 0.2) is 0 Å². The molecule has 0 saturated heterocycles. The van der Waals surface area contributed by atoms with Gasteiger partial charge in [0.25, 0.3) is 5.60 Å². The first-order chi connectivity index (χ1) is 12.0. The summed E-state index contributed by atoms with van der Waals surface area (Å²) >= 11 is 0. The molecule has 0 saturated carbocycles. The van der Waals surface area contributed by atoms with Crippen LogP contribution in [-0.2, 0) is 20.7 Å². The van der Waals surface area contributed by atoms with Crippen molar-refractivity contribution in [2.24, 2.45) is 0 Å². The third kappa shape index (κ3) is 4.18. The molecule has 1 aromatic carbocycles. The van der Waals surface area contributed by atoms with Crippen LogP contribution in [0, 0.1) is 0 Å². The number of pyridine rings is 1. The van der Waals surface area contributed by atoms with Crippen LogP contribution in [0.1, 0.15) is 26.3 Å². The van der Waals surface area contributed by atoms with Crippen LogP contribution >= 0.6 is 0 Å². The van der Waals surface area contributed by atoms with Crippen molar-refractivity contribution < 1.29 is 24.5 Å². The summed E-state index contributed by atoms with van der Waals surface area (Å²) in [6.07, 6.45) is 1.28. The Labute approximate surface area is 151 Å². The van der Waals surface area contributed by atoms with E-state index in [9.17, 15) is 19.8 Å². The molecule has 2 rings (SSSR count). The summed E-state index contributed by atoms with van der Waals surface area (Å²) in [5.41, 5.74) is 4.60. The molecule has 0 radical (unpaired) electrons. The molecule has 0 aliphatic heterocycles. The van der Waals surface area contributed by atoms with Gasteiger partial charge in [-0.1, -0.05) is 24.3 Å². The number of nitrogens with two attached hydrogens (primary N) is 1. The molecule has 0 amide bonds. The first kappa shape index (κ1) is 19.4. The summed E-state index contributed by atoms with van der Waals surface area (Å²) < 4.78 is 5.46. The van der Waals surface area contributed by atoms with Crippen molar-refractivity contribution in [1.82, 2.24) is 4.98 Å². The fourth-order valence-electron chi connectivity index (χ4n) is 2.64. The van der Waals surface area contributed by atoms with E-state index < -0.39 is 23.1 Å². The summed E-state index contributed by atoms with van der Waals surface area (Å²) in [6.45, 7) is 4.84. The Kier molecular flexibility index (Phi) is 5.32. The second kappa shape index (κ2) is 7.13. The number of rotatable bonds is 6. The smallest absolute Gasteiger partial charge is 0.348 e. The van der Waals surface area contributed by atoms with Crippen LogP contribution in [0.15, 0.2) is 42.6 Å². The highest BCUT2D eigenvalue weighted by molar-refractivity contribution is 6.02. The minimum absolute atomic E-state index is 0.308. The van der Waals surface area contributed by atoms with Crippen molar-refractivity contribution in [2.45, 2.75) is 38.4 Å². The number of carboxylic acids is 2. The van der Waals surface area contributed by atoms with E-state index in [1.807, 2.05) is 6.07 Å². The Balaban J connectivity index is 2.36. The Hall–Kier alpha value is -2.93. The number of anilines is 1. The molecule has 7 heteroatoms. The molecule has 4 N–H and O–H groups in total. The molecule has 1 aromatic heterocycles. The van der Waals surface area contributed by atoms with Gasteiger partial charge in [0.1, 0.15) is 5.82 Å². The summed E-state index contributed by atoms with van der Waals surface area (Å²) in [7, 11) is 0. The Morgan fingerprint density at radius 1 is 1.08 bits per heavy atom. The quantitative estimate of drug-likeness (QED) is 0.678. The number of hydrogen-bond acceptors (Lipinski definition) is 5. The van der Waals surface area contributed by atoms with Gasteiger partial charge in [-0.05, 0) is 44.0 Å². The SMILES string of the molecule is CC(C)(C)OC(Cc1ccc(-c2cccnc2N)cc1)(C(=O)O)C(=O)O. The zero-order chi connectivity index (χ0) is 19.5. The number of nitrogen functional groups attached to an aromatic ring is 1. The van der Waals surface area contributed by atoms with Crippen molar-refractivity contribution >= 4 is 17.8 Å². The summed E-state index contributed by atoms with van der Waals surface area (Å²) in [5.74, 6) is -2.71. The van der Waals surface area contributed by atoms with Crippen molar-refractivity contribution in [2.75, 3.05) is 5.73 Å². The number of nitrogens with zero attached hydrogens (tertiary/aromatic N) is 1. The molecule has 0 aliphatic carbocycles. The van der Waals surface area contributed by atoms with Crippen LogP contribution in [0.25, 0.3) is 11.1 Å². The standard InChI is InChI=1S/C19H22N2O5/c1-18(2,3)26-19(16(22)23,17(24)25)11-12-6-8-13(9-7-12)14-5-4-10-21-15(14)20/h4-10H,11H2,1-3H3,(H2,20,21)(H,22,23)(H,24,25). The second-order valence-corrected chi connectivity index (χ2v) is 6.96. The number of benzene rings is 1. The van der Waals surface area contributed by atoms with E-state index in [2.05, 4.69) is 4.98 Å². The molecule has 26 heavy (non-hydrogen) atoms. The second-order valence-electron chi connectivity index (χ2n) is 6.96. The van der Waals surface area contributed by atoms with Crippen molar-refractivity contribution in [3.8, 4) is 11.1 Å². The molecule has 0 bridgehead atoms. The number of aromatic nitrogens is 1. The van der Waals surface area contributed by atoms with Crippen LogP contribution in [-0.4, -0.2) is 38.3 Å². The first-order valence-corrected chi connectivity index (χ1v) is 8.02. The van der Waals surface area contributed by atoms with E-state index in [4.69, 9.17) is 10.5 Å². The molecule has 0 aliphatic rings. The zero-order valence-corrected chi connectivity index (χ0v) is 14.9. The lowest BCUT2D eigenvalue weighted by Crippen LogP contribution is -2.54. The van der Waals surface area contributed by atoms with Crippen molar-refractivity contribution in [3.63, 3.8) is 0 Å². The van der Waals surface area contributed by atoms with E-state index in [1.165, 1.54) is 0 Å². The fourth-order valence-corrected chi connectivity index (χ4v) is 2.64. The van der Waals surface area contributed by atoms with Gasteiger partial charge in [-0.2, -0.15) is 0 Å². The highest BCUT2D eigenvalue weighted by atomic mass is 16.6. The lowest BCUT2D eigenvalue weighted by atomic mass is 9.92. The number of aliphatic carboxylic acids is 2. The Morgan fingerprint density at radius 3 is 2.12 bits per heavy atom. The summed E-state index contributed by atoms with van der Waals surface area (Å²) in [6, 6.07) is 10.4. The molecular formula is C19H22N2O5. The van der Waals surface area contributed by atoms with Gasteiger partial charge in [-0.3, -0.25) is 0 Å². The van der Waals surface area contributed by atoms with E-state index in [1.54, 1.807) is 57.3 Å². The number of ether oxygens (including phenoxy) is 1. The van der Waals surface area contributed by atoms with Crippen LogP contribution in [0.2, 0.25) is 0 Å². The molecular weight excluding hydrogens is 336 g/mol. The lowest BCUT2D eigenvalue weighted by molar-refractivity contribution is -0.199. The first-order valence-electron chi connectivity index (χ1n) is 8.02. The van der Waals surface area contributed by atoms with Gasteiger partial charge in [-0.15, -0.1) is 0 Å². The van der Waals surface area contributed by atoms with Gasteiger partial charge in [0.2, 0.25) is 0 Å². The third-order valence-electron chi connectivity index (χ3n) is 3.73. The monoisotopic (exact) mass is 358 g/mol. The van der Waals surface area contributed by atoms with Gasteiger partial charge >= 0.3 is 11.9 Å². The number of carboxylic acid groups (broad SMARTS) is 2. The zero-order valence-electron chi connectivity index (χ0n) is 14.9. The van der Waals surface area contributed by atoms with Crippen LogP contribution < -0.4 is 5.73 Å². The van der Waals surface area contributed by atoms with Crippen LogP contribution in [0.3, 0.4) is 0 Å². The number of carbonyl (C=O) groups is 2. The highest BCUT2D eigenvalue weighted by Gasteiger charge is 2.50. The van der Waals surface area contributed by atoms with E-state index >= 15 is 0 Å². The molecule has 0 unspecified atom stereocenters. The fraction of sp³-hybridized carbons (Fsp3) is 0.316. The summed E-state index contributed by atoms with van der Waals surface area (Å²) in [5, 5.41) is 19.1. The average molecular weight is 358 g/mol. The van der Waals surface area contributed by atoms with E-state index in [0.717, 1.165) is 11.1 Å². The molecule has 2 aromatic rings. The molecule has 0 spiro atoms. The van der Waals surface area contributed by atoms with Crippen LogP contribution in [0.5, 0.6) is 0 Å². The Morgan fingerprint density at radius 2 is 1.65 bits per heavy atom. The minimum atomic E-state index is -2.37. The van der Waals surface area contributed by atoms with Crippen molar-refractivity contribution in [3.05, 3.63) is 48.2 Å². The van der Waals surface area contributed by atoms with Gasteiger partial charge in [-0.25, -0.2) is 14.6 Å². The van der Waals surface area contributed by atoms with Gasteiger partial charge < -0.3 is 20.7 Å². The van der Waals surface area contributed by atoms with E-state index in [0.29, 0.717) is 11.4 Å². The minimum Gasteiger partial charge on any atom is -0.479 e. The normalized spacial score (nSPS) is 12.0. The molecule has 0 fully saturated rings. The van der Waals surface area contributed by atoms with Crippen molar-refractivity contribution in [1.29, 1.82) is 0 Å². The average Bonchev–Trinajstić information content (AvgIpc) is 2.54. The molecule has 1 heterocycles. The molecule has 138 valence electrons. The van der Waals surface area contributed by atoms with Crippen LogP contribution in [0.4, 0.5) is 5.82 Å². The maximum absolute atomic E-state index is 11.7. The topological polar surface area (TPSA) is 123 Å². The third-order valence-corrected chi connectivity index (χ3v) is 3.73. The summed E-state index contributed by atoms with van der Waals surface area (Å²) in [4.78, 5) is 27.5. The maximum Gasteiger partial charge on any atom is 0.348 e. The predicted octanol–water partition coefficient (Wildman–Crippen LogP) is 2.60. The molecule has 7 nitrogen and oxygen atoms in total. The molecule has 0 atom stereocenters. The predicted molar refractivity (Wildman–Crippen MR) is 96.6 cm³/mol. The van der Waals surface area contributed by atoms with Gasteiger partial charge in [0, 0.05) is 18.2 Å².